The van der Waals surface area contributed by atoms with Crippen molar-refractivity contribution in [2.75, 3.05) is 6.61 Å². The van der Waals surface area contributed by atoms with Crippen LogP contribution >= 0.6 is 7.82 Å². The van der Waals surface area contributed by atoms with Gasteiger partial charge in [0.1, 0.15) is 0 Å². The summed E-state index contributed by atoms with van der Waals surface area (Å²) in [5, 5.41) is 18.2. The lowest BCUT2D eigenvalue weighted by Gasteiger charge is -2.15. The summed E-state index contributed by atoms with van der Waals surface area (Å²) in [6.07, 6.45) is 19.1. The van der Waals surface area contributed by atoms with Crippen LogP contribution in [0, 0.1) is 12.3 Å². The number of aliphatic hydroxyl groups is 1. The van der Waals surface area contributed by atoms with Crippen molar-refractivity contribution < 1.29 is 24.0 Å². The first-order chi connectivity index (χ1) is 13.3. The monoisotopic (exact) mass is 415 g/mol. The SMILES string of the molecule is C#CCCCC1(CCCCCCCC/C=C/[C@@H](O)[C@@H](N)COP(=O)(O)O)N=N1. The molecule has 0 spiro atoms. The van der Waals surface area contributed by atoms with Gasteiger partial charge in [0.15, 0.2) is 5.66 Å². The number of unbranched alkanes of at least 4 members (excludes halogenated alkanes) is 7. The van der Waals surface area contributed by atoms with E-state index in [1.54, 1.807) is 6.08 Å². The lowest BCUT2D eigenvalue weighted by atomic mass is 9.98. The number of nitrogens with two attached hydrogens (primary N) is 1. The highest BCUT2D eigenvalue weighted by molar-refractivity contribution is 7.46. The van der Waals surface area contributed by atoms with Gasteiger partial charge in [0.25, 0.3) is 0 Å². The molecule has 0 aliphatic carbocycles. The Balaban J connectivity index is 1.95. The number of phosphoric ester groups is 1. The number of hydrogen-bond acceptors (Lipinski definition) is 6. The molecule has 1 aliphatic rings. The first-order valence-corrected chi connectivity index (χ1v) is 11.5. The molecule has 1 aliphatic heterocycles. The van der Waals surface area contributed by atoms with Gasteiger partial charge in [-0.3, -0.25) is 4.52 Å². The molecule has 0 radical (unpaired) electrons. The molecule has 8 nitrogen and oxygen atoms in total. The fourth-order valence-corrected chi connectivity index (χ4v) is 3.27. The van der Waals surface area contributed by atoms with Crippen molar-refractivity contribution in [1.29, 1.82) is 0 Å². The molecule has 0 aromatic carbocycles. The zero-order chi connectivity index (χ0) is 20.9. The van der Waals surface area contributed by atoms with Gasteiger partial charge in [-0.2, -0.15) is 10.2 Å². The topological polar surface area (TPSA) is 138 Å². The molecule has 0 amide bonds. The lowest BCUT2D eigenvalue weighted by Crippen LogP contribution is -2.37. The smallest absolute Gasteiger partial charge is 0.387 e. The minimum atomic E-state index is -4.56. The normalized spacial score (nSPS) is 17.5. The number of phosphoric acid groups is 1. The van der Waals surface area contributed by atoms with Gasteiger partial charge in [0, 0.05) is 6.42 Å². The van der Waals surface area contributed by atoms with Gasteiger partial charge in [-0.05, 0) is 38.5 Å². The van der Waals surface area contributed by atoms with E-state index in [1.165, 1.54) is 19.3 Å². The lowest BCUT2D eigenvalue weighted by molar-refractivity contribution is 0.129. The highest BCUT2D eigenvalue weighted by Gasteiger charge is 2.38. The molecule has 160 valence electrons. The minimum absolute atomic E-state index is 0.111. The van der Waals surface area contributed by atoms with Gasteiger partial charge in [-0.1, -0.05) is 37.8 Å². The van der Waals surface area contributed by atoms with Gasteiger partial charge in [0.2, 0.25) is 0 Å². The van der Waals surface area contributed by atoms with Crippen LogP contribution in [0.15, 0.2) is 22.4 Å². The van der Waals surface area contributed by atoms with Crippen LogP contribution in [0.2, 0.25) is 0 Å². The Hall–Kier alpha value is -1.07. The van der Waals surface area contributed by atoms with E-state index in [2.05, 4.69) is 20.7 Å². The third-order valence-electron chi connectivity index (χ3n) is 4.69. The van der Waals surface area contributed by atoms with Crippen molar-refractivity contribution in [3.63, 3.8) is 0 Å². The summed E-state index contributed by atoms with van der Waals surface area (Å²) < 4.78 is 14.9. The summed E-state index contributed by atoms with van der Waals surface area (Å²) >= 11 is 0. The predicted octanol–water partition coefficient (Wildman–Crippen LogP) is 3.43. The van der Waals surface area contributed by atoms with E-state index in [0.717, 1.165) is 51.4 Å². The average molecular weight is 415 g/mol. The highest BCUT2D eigenvalue weighted by Crippen LogP contribution is 2.38. The van der Waals surface area contributed by atoms with Gasteiger partial charge in [0.05, 0.1) is 18.8 Å². The molecule has 0 unspecified atom stereocenters. The zero-order valence-corrected chi connectivity index (χ0v) is 17.3. The number of rotatable bonds is 17. The summed E-state index contributed by atoms with van der Waals surface area (Å²) in [6, 6.07) is -0.872. The van der Waals surface area contributed by atoms with E-state index < -0.39 is 26.6 Å². The number of aliphatic hydroxyl groups excluding tert-OH is 1. The second kappa shape index (κ2) is 13.2. The second-order valence-corrected chi connectivity index (χ2v) is 8.51. The van der Waals surface area contributed by atoms with Crippen molar-refractivity contribution in [3.05, 3.63) is 12.2 Å². The number of hydrogen-bond donors (Lipinski definition) is 4. The van der Waals surface area contributed by atoms with Crippen LogP contribution in [0.5, 0.6) is 0 Å². The van der Waals surface area contributed by atoms with Crippen LogP contribution in [0.4, 0.5) is 0 Å². The average Bonchev–Trinajstić information content (AvgIpc) is 3.40. The summed E-state index contributed by atoms with van der Waals surface area (Å²) in [5.74, 6) is 2.65. The Morgan fingerprint density at radius 2 is 1.71 bits per heavy atom. The molecular weight excluding hydrogens is 381 g/mol. The first kappa shape index (κ1) is 25.0. The Kier molecular flexibility index (Phi) is 11.8. The largest absolute Gasteiger partial charge is 0.469 e. The van der Waals surface area contributed by atoms with E-state index >= 15 is 0 Å². The van der Waals surface area contributed by atoms with Gasteiger partial charge in [-0.25, -0.2) is 4.57 Å². The van der Waals surface area contributed by atoms with Crippen LogP contribution in [0.1, 0.15) is 70.6 Å². The van der Waals surface area contributed by atoms with Crippen molar-refractivity contribution >= 4 is 7.82 Å². The second-order valence-electron chi connectivity index (χ2n) is 7.27. The third kappa shape index (κ3) is 12.4. The molecule has 9 heteroatoms. The zero-order valence-electron chi connectivity index (χ0n) is 16.4. The molecule has 28 heavy (non-hydrogen) atoms. The van der Waals surface area contributed by atoms with Crippen LogP contribution < -0.4 is 5.73 Å². The van der Waals surface area contributed by atoms with Crippen molar-refractivity contribution in [1.82, 2.24) is 0 Å². The van der Waals surface area contributed by atoms with Crippen LogP contribution in [0.3, 0.4) is 0 Å². The maximum atomic E-state index is 10.6. The standard InChI is InChI=1S/C19H34N3O5P/c1-2-3-11-14-19(21-22-19)15-12-9-7-5-4-6-8-10-13-18(23)17(20)16-27-28(24,25)26/h1,10,13,17-18,23H,3-9,11-12,14-16,20H2,(H2,24,25,26)/b13-10+/t17-,18+/m0/s1. The fraction of sp³-hybridized carbons (Fsp3) is 0.789. The molecule has 1 heterocycles. The number of terminal acetylenes is 1. The van der Waals surface area contributed by atoms with Gasteiger partial charge >= 0.3 is 7.82 Å². The van der Waals surface area contributed by atoms with Crippen molar-refractivity contribution in [2.24, 2.45) is 16.0 Å². The Bertz CT molecular complexity index is 579. The van der Waals surface area contributed by atoms with Crippen LogP contribution in [-0.2, 0) is 9.09 Å². The number of nitrogens with zero attached hydrogens (tertiary/aromatic N) is 2. The third-order valence-corrected chi connectivity index (χ3v) is 5.17. The van der Waals surface area contributed by atoms with Crippen LogP contribution in [0.25, 0.3) is 0 Å². The fourth-order valence-electron chi connectivity index (χ4n) is 2.91. The highest BCUT2D eigenvalue weighted by atomic mass is 31.2. The Morgan fingerprint density at radius 3 is 2.32 bits per heavy atom. The predicted molar refractivity (Wildman–Crippen MR) is 108 cm³/mol. The molecule has 0 fully saturated rings. The van der Waals surface area contributed by atoms with Crippen molar-refractivity contribution in [3.8, 4) is 12.3 Å². The van der Waals surface area contributed by atoms with E-state index in [4.69, 9.17) is 21.9 Å². The molecule has 5 N–H and O–H groups in total. The molecule has 0 saturated carbocycles. The molecule has 0 bridgehead atoms. The molecule has 0 aromatic heterocycles. The van der Waals surface area contributed by atoms with Gasteiger partial charge in [-0.15, -0.1) is 12.3 Å². The molecule has 1 rings (SSSR count). The van der Waals surface area contributed by atoms with E-state index in [1.807, 2.05) is 6.08 Å². The molecule has 0 aromatic rings. The van der Waals surface area contributed by atoms with Gasteiger partial charge < -0.3 is 20.6 Å². The summed E-state index contributed by atoms with van der Waals surface area (Å²) in [5.41, 5.74) is 5.50. The maximum absolute atomic E-state index is 10.6. The molecular formula is C19H34N3O5P. The van der Waals surface area contributed by atoms with Crippen LogP contribution in [-0.4, -0.2) is 39.3 Å². The number of allylic oxidation sites excluding steroid dienone is 1. The maximum Gasteiger partial charge on any atom is 0.469 e. The van der Waals surface area contributed by atoms with E-state index in [-0.39, 0.29) is 5.66 Å². The minimum Gasteiger partial charge on any atom is -0.387 e. The molecule has 0 saturated heterocycles. The van der Waals surface area contributed by atoms with E-state index in [0.29, 0.717) is 0 Å². The molecule has 2 atom stereocenters. The quantitative estimate of drug-likeness (QED) is 0.124. The first-order valence-electron chi connectivity index (χ1n) is 9.96. The summed E-state index contributed by atoms with van der Waals surface area (Å²) in [7, 11) is -4.56. The Morgan fingerprint density at radius 1 is 1.11 bits per heavy atom. The Labute approximate surface area is 167 Å². The van der Waals surface area contributed by atoms with E-state index in [9.17, 15) is 9.67 Å². The summed E-state index contributed by atoms with van der Waals surface area (Å²) in [6.45, 7) is -0.401. The summed E-state index contributed by atoms with van der Waals surface area (Å²) in [4.78, 5) is 17.2. The van der Waals surface area contributed by atoms with Crippen molar-refractivity contribution in [2.45, 2.75) is 88.4 Å².